The first-order valence-electron chi connectivity index (χ1n) is 11.0. The standard InChI is InChI=1S/C23H34F2O2/c1-20(12-13-20)27-19-7-5-15-14-4-6-17-21(2,11-9-18(26)23(17,24)25)16(14)8-10-22(15,19)3/h6,14-16,18-19,26H,4-5,7-13H2,1-3H3/t14-,15-,16+,18?,19?,21+,22-/m0/s1. The molecule has 0 aromatic rings. The number of hydrogen-bond donors (Lipinski definition) is 1. The lowest BCUT2D eigenvalue weighted by Gasteiger charge is -2.58. The smallest absolute Gasteiger partial charge is 0.295 e. The van der Waals surface area contributed by atoms with Crippen LogP contribution in [-0.4, -0.2) is 28.8 Å². The van der Waals surface area contributed by atoms with E-state index in [-0.39, 0.29) is 23.0 Å². The van der Waals surface area contributed by atoms with E-state index in [0.717, 1.165) is 25.7 Å². The summed E-state index contributed by atoms with van der Waals surface area (Å²) in [6.45, 7) is 6.71. The van der Waals surface area contributed by atoms with Crippen molar-refractivity contribution in [2.75, 3.05) is 0 Å². The second-order valence-electron chi connectivity index (χ2n) is 11.0. The molecular formula is C23H34F2O2. The van der Waals surface area contributed by atoms with Gasteiger partial charge >= 0.3 is 0 Å². The minimum absolute atomic E-state index is 0.104. The van der Waals surface area contributed by atoms with Crippen molar-refractivity contribution in [1.82, 2.24) is 0 Å². The van der Waals surface area contributed by atoms with E-state index in [2.05, 4.69) is 20.8 Å². The number of ether oxygens (including phenoxy) is 1. The van der Waals surface area contributed by atoms with Crippen LogP contribution in [0.15, 0.2) is 11.6 Å². The Balaban J connectivity index is 1.45. The van der Waals surface area contributed by atoms with E-state index < -0.39 is 17.4 Å². The van der Waals surface area contributed by atoms with Crippen molar-refractivity contribution in [2.45, 2.75) is 102 Å². The minimum atomic E-state index is -3.05. The van der Waals surface area contributed by atoms with Crippen molar-refractivity contribution < 1.29 is 18.6 Å². The van der Waals surface area contributed by atoms with Gasteiger partial charge < -0.3 is 9.84 Å². The molecule has 5 aliphatic rings. The summed E-state index contributed by atoms with van der Waals surface area (Å²) in [5, 5.41) is 9.92. The summed E-state index contributed by atoms with van der Waals surface area (Å²) >= 11 is 0. The highest BCUT2D eigenvalue weighted by Crippen LogP contribution is 2.67. The van der Waals surface area contributed by atoms with E-state index in [1.807, 2.05) is 6.08 Å². The number of halogens is 2. The fourth-order valence-corrected chi connectivity index (χ4v) is 7.51. The van der Waals surface area contributed by atoms with Crippen LogP contribution in [-0.2, 0) is 4.74 Å². The van der Waals surface area contributed by atoms with Crippen molar-refractivity contribution in [1.29, 1.82) is 0 Å². The van der Waals surface area contributed by atoms with E-state index in [0.29, 0.717) is 30.3 Å². The summed E-state index contributed by atoms with van der Waals surface area (Å²) in [7, 11) is 0. The van der Waals surface area contributed by atoms with Gasteiger partial charge in [0, 0.05) is 5.57 Å². The van der Waals surface area contributed by atoms with Crippen LogP contribution in [0.5, 0.6) is 0 Å². The molecule has 2 nitrogen and oxygen atoms in total. The number of rotatable bonds is 2. The van der Waals surface area contributed by atoms with E-state index in [1.165, 1.54) is 19.3 Å². The zero-order valence-corrected chi connectivity index (χ0v) is 16.9. The molecule has 0 amide bonds. The van der Waals surface area contributed by atoms with Gasteiger partial charge in [-0.15, -0.1) is 0 Å². The van der Waals surface area contributed by atoms with Gasteiger partial charge in [-0.3, -0.25) is 0 Å². The number of aliphatic hydroxyl groups excluding tert-OH is 1. The Bertz CT molecular complexity index is 669. The molecule has 5 rings (SSSR count). The van der Waals surface area contributed by atoms with Crippen molar-refractivity contribution >= 4 is 0 Å². The summed E-state index contributed by atoms with van der Waals surface area (Å²) in [5.41, 5.74) is 0.0986. The summed E-state index contributed by atoms with van der Waals surface area (Å²) in [6, 6.07) is 0. The quantitative estimate of drug-likeness (QED) is 0.642. The van der Waals surface area contributed by atoms with E-state index in [4.69, 9.17) is 4.74 Å². The lowest BCUT2D eigenvalue weighted by atomic mass is 9.47. The molecule has 5 aliphatic carbocycles. The number of allylic oxidation sites excluding steroid dienone is 1. The maximum Gasteiger partial charge on any atom is 0.295 e. The third kappa shape index (κ3) is 2.48. The van der Waals surface area contributed by atoms with Crippen LogP contribution in [0, 0.1) is 28.6 Å². The van der Waals surface area contributed by atoms with E-state index in [9.17, 15) is 13.9 Å². The van der Waals surface area contributed by atoms with Gasteiger partial charge in [-0.1, -0.05) is 19.9 Å². The highest BCUT2D eigenvalue weighted by Gasteiger charge is 2.64. The molecule has 0 aromatic carbocycles. The van der Waals surface area contributed by atoms with E-state index >= 15 is 0 Å². The van der Waals surface area contributed by atoms with Gasteiger partial charge in [0.1, 0.15) is 6.10 Å². The van der Waals surface area contributed by atoms with Crippen molar-refractivity contribution in [3.8, 4) is 0 Å². The van der Waals surface area contributed by atoms with Gasteiger partial charge in [0.15, 0.2) is 0 Å². The Labute approximate surface area is 161 Å². The van der Waals surface area contributed by atoms with Crippen LogP contribution in [0.4, 0.5) is 8.78 Å². The summed E-state index contributed by atoms with van der Waals surface area (Å²) in [4.78, 5) is 0. The first-order valence-corrected chi connectivity index (χ1v) is 11.0. The average molecular weight is 381 g/mol. The Morgan fingerprint density at radius 2 is 1.70 bits per heavy atom. The molecule has 0 spiro atoms. The predicted molar refractivity (Wildman–Crippen MR) is 101 cm³/mol. The predicted octanol–water partition coefficient (Wildman–Crippen LogP) is 5.49. The summed E-state index contributed by atoms with van der Waals surface area (Å²) in [5.74, 6) is -1.66. The van der Waals surface area contributed by atoms with Crippen LogP contribution in [0.1, 0.15) is 78.6 Å². The van der Waals surface area contributed by atoms with E-state index in [1.54, 1.807) is 0 Å². The fourth-order valence-electron chi connectivity index (χ4n) is 7.51. The molecule has 4 fully saturated rings. The normalized spacial score (nSPS) is 52.4. The zero-order valence-electron chi connectivity index (χ0n) is 16.9. The Morgan fingerprint density at radius 1 is 0.963 bits per heavy atom. The van der Waals surface area contributed by atoms with Gasteiger partial charge in [-0.25, -0.2) is 0 Å². The van der Waals surface area contributed by atoms with Crippen molar-refractivity contribution in [3.63, 3.8) is 0 Å². The van der Waals surface area contributed by atoms with Crippen LogP contribution in [0.25, 0.3) is 0 Å². The number of hydrogen-bond acceptors (Lipinski definition) is 2. The van der Waals surface area contributed by atoms with Gasteiger partial charge in [0.25, 0.3) is 5.92 Å². The van der Waals surface area contributed by atoms with Crippen molar-refractivity contribution in [3.05, 3.63) is 11.6 Å². The lowest BCUT2D eigenvalue weighted by Crippen LogP contribution is -2.56. The second-order valence-corrected chi connectivity index (χ2v) is 11.0. The van der Waals surface area contributed by atoms with Gasteiger partial charge in [-0.05, 0) is 93.3 Å². The Morgan fingerprint density at radius 3 is 2.41 bits per heavy atom. The highest BCUT2D eigenvalue weighted by atomic mass is 19.3. The van der Waals surface area contributed by atoms with Crippen molar-refractivity contribution in [2.24, 2.45) is 28.6 Å². The minimum Gasteiger partial charge on any atom is -0.386 e. The zero-order chi connectivity index (χ0) is 19.2. The number of aliphatic hydroxyl groups is 1. The molecule has 4 heteroatoms. The van der Waals surface area contributed by atoms with Gasteiger partial charge in [-0.2, -0.15) is 8.78 Å². The molecular weight excluding hydrogens is 346 g/mol. The first kappa shape index (κ1) is 18.5. The van der Waals surface area contributed by atoms with Gasteiger partial charge in [0.2, 0.25) is 0 Å². The summed E-state index contributed by atoms with van der Waals surface area (Å²) < 4.78 is 36.2. The van der Waals surface area contributed by atoms with Crippen LogP contribution in [0.3, 0.4) is 0 Å². The molecule has 0 aromatic heterocycles. The highest BCUT2D eigenvalue weighted by molar-refractivity contribution is 5.32. The van der Waals surface area contributed by atoms with Gasteiger partial charge in [0.05, 0.1) is 11.7 Å². The monoisotopic (exact) mass is 380 g/mol. The summed E-state index contributed by atoms with van der Waals surface area (Å²) in [6.07, 6.45) is 9.09. The number of alkyl halides is 2. The maximum atomic E-state index is 14.8. The average Bonchev–Trinajstić information content (AvgIpc) is 3.24. The molecule has 0 aliphatic heterocycles. The molecule has 0 radical (unpaired) electrons. The molecule has 152 valence electrons. The second kappa shape index (κ2) is 5.56. The third-order valence-corrected chi connectivity index (χ3v) is 9.47. The SMILES string of the molecule is CC1(OC2CC[C@H]3[C@@H]4CC=C5C(F)(F)C(O)CC[C@]5(C)[C@@H]4CC[C@]23C)CC1. The molecule has 7 atom stereocenters. The molecule has 4 saturated carbocycles. The third-order valence-electron chi connectivity index (χ3n) is 9.47. The Hall–Kier alpha value is -0.480. The fraction of sp³-hybridized carbons (Fsp3) is 0.913. The molecule has 0 heterocycles. The topological polar surface area (TPSA) is 29.5 Å². The molecule has 27 heavy (non-hydrogen) atoms. The van der Waals surface area contributed by atoms with Crippen LogP contribution >= 0.6 is 0 Å². The van der Waals surface area contributed by atoms with Crippen LogP contribution < -0.4 is 0 Å². The number of fused-ring (bicyclic) bond motifs is 5. The Kier molecular flexibility index (Phi) is 3.82. The molecule has 2 unspecified atom stereocenters. The lowest BCUT2D eigenvalue weighted by molar-refractivity contribution is -0.151. The molecule has 0 bridgehead atoms. The molecule has 0 saturated heterocycles. The first-order chi connectivity index (χ1) is 12.6. The largest absolute Gasteiger partial charge is 0.386 e. The van der Waals surface area contributed by atoms with Crippen LogP contribution in [0.2, 0.25) is 0 Å². The maximum absolute atomic E-state index is 14.8. The molecule has 1 N–H and O–H groups in total.